The number of aromatic nitrogens is 4. The van der Waals surface area contributed by atoms with E-state index >= 15 is 0 Å². The second-order valence-corrected chi connectivity index (χ2v) is 4.45. The number of rotatable bonds is 6. The van der Waals surface area contributed by atoms with Crippen LogP contribution in [0.1, 0.15) is 24.6 Å². The summed E-state index contributed by atoms with van der Waals surface area (Å²) in [6, 6.07) is 1.92. The van der Waals surface area contributed by atoms with Crippen molar-refractivity contribution >= 4 is 11.6 Å². The van der Waals surface area contributed by atoms with Crippen molar-refractivity contribution in [1.82, 2.24) is 19.7 Å². The molecule has 102 valence electrons. The van der Waals surface area contributed by atoms with Crippen molar-refractivity contribution in [1.29, 1.82) is 0 Å². The molecule has 2 heterocycles. The smallest absolute Gasteiger partial charge is 0.131 e. The predicted molar refractivity (Wildman–Crippen MR) is 76.1 cm³/mol. The van der Waals surface area contributed by atoms with Gasteiger partial charge in [-0.25, -0.2) is 9.97 Å². The Morgan fingerprint density at radius 3 is 2.58 bits per heavy atom. The van der Waals surface area contributed by atoms with E-state index in [1.54, 1.807) is 6.33 Å². The summed E-state index contributed by atoms with van der Waals surface area (Å²) >= 11 is 0. The second-order valence-electron chi connectivity index (χ2n) is 4.45. The zero-order chi connectivity index (χ0) is 13.7. The first-order valence-corrected chi connectivity index (χ1v) is 6.48. The van der Waals surface area contributed by atoms with Crippen LogP contribution in [-0.4, -0.2) is 26.3 Å². The molecule has 2 aromatic heterocycles. The highest BCUT2D eigenvalue weighted by Gasteiger charge is 2.04. The Morgan fingerprint density at radius 1 is 1.21 bits per heavy atom. The minimum absolute atomic E-state index is 0.712. The summed E-state index contributed by atoms with van der Waals surface area (Å²) in [7, 11) is 1.94. The van der Waals surface area contributed by atoms with Crippen molar-refractivity contribution in [2.24, 2.45) is 7.05 Å². The molecule has 2 rings (SSSR count). The van der Waals surface area contributed by atoms with Crippen LogP contribution in [0.4, 0.5) is 11.6 Å². The predicted octanol–water partition coefficient (Wildman–Crippen LogP) is 1.95. The van der Waals surface area contributed by atoms with Crippen LogP contribution < -0.4 is 10.6 Å². The molecule has 0 aliphatic heterocycles. The van der Waals surface area contributed by atoms with Gasteiger partial charge in [0.1, 0.15) is 18.0 Å². The maximum atomic E-state index is 4.22. The van der Waals surface area contributed by atoms with E-state index in [-0.39, 0.29) is 0 Å². The summed E-state index contributed by atoms with van der Waals surface area (Å²) in [6.07, 6.45) is 4.51. The third-order valence-electron chi connectivity index (χ3n) is 3.02. The Bertz CT molecular complexity index is 534. The molecule has 0 spiro atoms. The maximum Gasteiger partial charge on any atom is 0.131 e. The number of aryl methyl sites for hydroxylation is 1. The van der Waals surface area contributed by atoms with Gasteiger partial charge in [-0.05, 0) is 13.3 Å². The summed E-state index contributed by atoms with van der Waals surface area (Å²) < 4.78 is 1.87. The minimum atomic E-state index is 0.712. The first-order valence-electron chi connectivity index (χ1n) is 6.48. The summed E-state index contributed by atoms with van der Waals surface area (Å²) in [6.45, 7) is 5.80. The lowest BCUT2D eigenvalue weighted by atomic mass is 10.2. The van der Waals surface area contributed by atoms with Gasteiger partial charge in [0.2, 0.25) is 0 Å². The van der Waals surface area contributed by atoms with Crippen molar-refractivity contribution in [3.05, 3.63) is 29.8 Å². The fourth-order valence-electron chi connectivity index (χ4n) is 1.71. The molecule has 0 unspecified atom stereocenters. The van der Waals surface area contributed by atoms with Crippen LogP contribution in [0.15, 0.2) is 18.6 Å². The normalized spacial score (nSPS) is 10.5. The minimum Gasteiger partial charge on any atom is -0.370 e. The van der Waals surface area contributed by atoms with Gasteiger partial charge in [-0.1, -0.05) is 6.92 Å². The summed E-state index contributed by atoms with van der Waals surface area (Å²) in [5.41, 5.74) is 2.33. The molecular weight excluding hydrogens is 240 g/mol. The van der Waals surface area contributed by atoms with E-state index in [9.17, 15) is 0 Å². The number of hydrogen-bond acceptors (Lipinski definition) is 5. The number of nitrogens with zero attached hydrogens (tertiary/aromatic N) is 4. The maximum absolute atomic E-state index is 4.22. The van der Waals surface area contributed by atoms with Gasteiger partial charge in [-0.15, -0.1) is 0 Å². The lowest BCUT2D eigenvalue weighted by molar-refractivity contribution is 0.738. The van der Waals surface area contributed by atoms with E-state index in [1.165, 1.54) is 5.56 Å². The van der Waals surface area contributed by atoms with Crippen LogP contribution in [0.3, 0.4) is 0 Å². The van der Waals surface area contributed by atoms with Gasteiger partial charge >= 0.3 is 0 Å². The lowest BCUT2D eigenvalue weighted by Gasteiger charge is -2.07. The number of hydrogen-bond donors (Lipinski definition) is 2. The van der Waals surface area contributed by atoms with E-state index < -0.39 is 0 Å². The summed E-state index contributed by atoms with van der Waals surface area (Å²) in [5, 5.41) is 10.7. The average molecular weight is 260 g/mol. The first-order chi connectivity index (χ1) is 9.20. The highest BCUT2D eigenvalue weighted by molar-refractivity contribution is 5.46. The topological polar surface area (TPSA) is 67.7 Å². The third kappa shape index (κ3) is 3.43. The van der Waals surface area contributed by atoms with Gasteiger partial charge in [0.05, 0.1) is 6.20 Å². The molecule has 0 saturated heterocycles. The zero-order valence-corrected chi connectivity index (χ0v) is 11.6. The molecule has 6 heteroatoms. The highest BCUT2D eigenvalue weighted by atomic mass is 15.3. The van der Waals surface area contributed by atoms with E-state index in [0.29, 0.717) is 6.54 Å². The Labute approximate surface area is 113 Å². The Morgan fingerprint density at radius 2 is 1.95 bits per heavy atom. The molecular formula is C13H20N6. The fraction of sp³-hybridized carbons (Fsp3) is 0.462. The van der Waals surface area contributed by atoms with Gasteiger partial charge in [-0.3, -0.25) is 4.68 Å². The summed E-state index contributed by atoms with van der Waals surface area (Å²) in [5.74, 6) is 1.67. The quantitative estimate of drug-likeness (QED) is 0.831. The average Bonchev–Trinajstić information content (AvgIpc) is 2.75. The Balaban J connectivity index is 1.97. The molecule has 0 bridgehead atoms. The summed E-state index contributed by atoms with van der Waals surface area (Å²) in [4.78, 5) is 8.38. The van der Waals surface area contributed by atoms with Gasteiger partial charge in [0.15, 0.2) is 0 Å². The van der Waals surface area contributed by atoms with Crippen LogP contribution in [0.5, 0.6) is 0 Å². The van der Waals surface area contributed by atoms with Gasteiger partial charge in [0, 0.05) is 37.5 Å². The zero-order valence-electron chi connectivity index (χ0n) is 11.6. The molecule has 0 aliphatic rings. The molecule has 0 amide bonds. The standard InChI is InChI=1S/C13H20N6/c1-4-5-14-12-6-13(17-9-16-12)15-7-11-8-18-19(3)10(11)2/h6,8-9H,4-5,7H2,1-3H3,(H2,14,15,16,17). The van der Waals surface area contributed by atoms with Crippen LogP contribution in [0, 0.1) is 6.92 Å². The van der Waals surface area contributed by atoms with Crippen molar-refractivity contribution in [2.45, 2.75) is 26.8 Å². The van der Waals surface area contributed by atoms with Gasteiger partial charge in [-0.2, -0.15) is 5.10 Å². The Hall–Kier alpha value is -2.11. The van der Waals surface area contributed by atoms with Crippen molar-refractivity contribution in [3.63, 3.8) is 0 Å². The molecule has 0 fully saturated rings. The van der Waals surface area contributed by atoms with E-state index in [2.05, 4.69) is 39.5 Å². The van der Waals surface area contributed by atoms with Crippen LogP contribution >= 0.6 is 0 Å². The molecule has 2 aromatic rings. The Kier molecular flexibility index (Phi) is 4.33. The van der Waals surface area contributed by atoms with E-state index in [1.807, 2.05) is 24.0 Å². The molecule has 0 atom stereocenters. The SMILES string of the molecule is CCCNc1cc(NCc2cnn(C)c2C)ncn1. The molecule has 0 aliphatic carbocycles. The van der Waals surface area contributed by atoms with Gasteiger partial charge in [0.25, 0.3) is 0 Å². The largest absolute Gasteiger partial charge is 0.370 e. The van der Waals surface area contributed by atoms with Gasteiger partial charge < -0.3 is 10.6 Å². The highest BCUT2D eigenvalue weighted by Crippen LogP contribution is 2.12. The van der Waals surface area contributed by atoms with Crippen molar-refractivity contribution in [2.75, 3.05) is 17.2 Å². The fourth-order valence-corrected chi connectivity index (χ4v) is 1.71. The lowest BCUT2D eigenvalue weighted by Crippen LogP contribution is -2.06. The van der Waals surface area contributed by atoms with Crippen LogP contribution in [0.25, 0.3) is 0 Å². The molecule has 6 nitrogen and oxygen atoms in total. The monoisotopic (exact) mass is 260 g/mol. The first kappa shape index (κ1) is 13.3. The number of nitrogens with one attached hydrogen (secondary N) is 2. The molecule has 0 aromatic carbocycles. The number of anilines is 2. The van der Waals surface area contributed by atoms with Crippen molar-refractivity contribution < 1.29 is 0 Å². The van der Waals surface area contributed by atoms with E-state index in [4.69, 9.17) is 0 Å². The molecule has 0 radical (unpaired) electrons. The second kappa shape index (κ2) is 6.17. The molecule has 0 saturated carbocycles. The van der Waals surface area contributed by atoms with Crippen molar-refractivity contribution in [3.8, 4) is 0 Å². The van der Waals surface area contributed by atoms with E-state index in [0.717, 1.165) is 30.3 Å². The van der Waals surface area contributed by atoms with Crippen LogP contribution in [-0.2, 0) is 13.6 Å². The molecule has 2 N–H and O–H groups in total. The van der Waals surface area contributed by atoms with Crippen LogP contribution in [0.2, 0.25) is 0 Å². The third-order valence-corrected chi connectivity index (χ3v) is 3.02. The molecule has 19 heavy (non-hydrogen) atoms.